The molecule has 0 N–H and O–H groups in total. The highest BCUT2D eigenvalue weighted by molar-refractivity contribution is 5.77. The molecule has 2 nitrogen and oxygen atoms in total. The Kier molecular flexibility index (Phi) is 2.98. The second-order valence-corrected chi connectivity index (χ2v) is 5.57. The van der Waals surface area contributed by atoms with Gasteiger partial charge in [-0.15, -0.1) is 0 Å². The van der Waals surface area contributed by atoms with E-state index in [-0.39, 0.29) is 11.4 Å². The van der Waals surface area contributed by atoms with Crippen molar-refractivity contribution in [3.63, 3.8) is 0 Å². The van der Waals surface area contributed by atoms with Crippen molar-refractivity contribution in [2.75, 3.05) is 7.11 Å². The molecule has 17 heavy (non-hydrogen) atoms. The van der Waals surface area contributed by atoms with Crippen molar-refractivity contribution in [3.8, 4) is 0 Å². The molecule has 0 amide bonds. The number of rotatable bonds is 3. The Morgan fingerprint density at radius 3 is 2.41 bits per heavy atom. The van der Waals surface area contributed by atoms with Gasteiger partial charge in [0.25, 0.3) is 0 Å². The molecule has 0 saturated heterocycles. The molecule has 1 aliphatic carbocycles. The minimum Gasteiger partial charge on any atom is -0.469 e. The Hall–Kier alpha value is -1.31. The Morgan fingerprint density at radius 1 is 1.29 bits per heavy atom. The molecular formula is C15H20O2. The summed E-state index contributed by atoms with van der Waals surface area (Å²) in [5.74, 6) is 0.833. The second-order valence-electron chi connectivity index (χ2n) is 5.57. The Balaban J connectivity index is 2.10. The summed E-state index contributed by atoms with van der Waals surface area (Å²) in [7, 11) is 1.47. The fraction of sp³-hybridized carbons (Fsp3) is 0.533. The van der Waals surface area contributed by atoms with Gasteiger partial charge in [0.1, 0.15) is 0 Å². The van der Waals surface area contributed by atoms with Crippen LogP contribution in [0.4, 0.5) is 0 Å². The Bertz CT molecular complexity index is 417. The average molecular weight is 232 g/mol. The molecule has 1 saturated carbocycles. The van der Waals surface area contributed by atoms with Crippen LogP contribution in [0.2, 0.25) is 0 Å². The molecule has 1 aromatic rings. The summed E-state index contributed by atoms with van der Waals surface area (Å²) in [5, 5.41) is 0. The summed E-state index contributed by atoms with van der Waals surface area (Å²) in [6, 6.07) is 8.62. The maximum absolute atomic E-state index is 11.7. The number of esters is 1. The lowest BCUT2D eigenvalue weighted by Gasteiger charge is -2.21. The molecule has 1 fully saturated rings. The molecule has 2 atom stereocenters. The first-order valence-corrected chi connectivity index (χ1v) is 6.12. The van der Waals surface area contributed by atoms with Crippen molar-refractivity contribution in [1.82, 2.24) is 0 Å². The standard InChI is InChI=1S/C15H20O2/c1-10-5-7-11(8-6-10)12-9-13(12)15(2,3)14(16)17-4/h5-8,12-13H,9H2,1-4H3. The summed E-state index contributed by atoms with van der Waals surface area (Å²) < 4.78 is 4.88. The van der Waals surface area contributed by atoms with E-state index in [1.165, 1.54) is 18.2 Å². The summed E-state index contributed by atoms with van der Waals surface area (Å²) in [5.41, 5.74) is 2.25. The molecule has 2 rings (SSSR count). The summed E-state index contributed by atoms with van der Waals surface area (Å²) in [6.07, 6.45) is 1.09. The van der Waals surface area contributed by atoms with Gasteiger partial charge in [0.2, 0.25) is 0 Å². The van der Waals surface area contributed by atoms with Crippen LogP contribution in [0, 0.1) is 18.3 Å². The molecule has 0 heterocycles. The summed E-state index contributed by atoms with van der Waals surface area (Å²) in [6.45, 7) is 6.06. The van der Waals surface area contributed by atoms with E-state index in [0.717, 1.165) is 6.42 Å². The maximum Gasteiger partial charge on any atom is 0.311 e. The topological polar surface area (TPSA) is 26.3 Å². The number of aryl methyl sites for hydroxylation is 1. The molecule has 2 heteroatoms. The molecule has 2 unspecified atom stereocenters. The largest absolute Gasteiger partial charge is 0.469 e. The van der Waals surface area contributed by atoms with Crippen LogP contribution in [0.3, 0.4) is 0 Å². The first kappa shape index (κ1) is 12.2. The SMILES string of the molecule is COC(=O)C(C)(C)C1CC1c1ccc(C)cc1. The number of hydrogen-bond donors (Lipinski definition) is 0. The van der Waals surface area contributed by atoms with E-state index in [0.29, 0.717) is 11.8 Å². The molecular weight excluding hydrogens is 212 g/mol. The van der Waals surface area contributed by atoms with E-state index in [1.807, 2.05) is 13.8 Å². The van der Waals surface area contributed by atoms with Crippen molar-refractivity contribution in [2.24, 2.45) is 11.3 Å². The van der Waals surface area contributed by atoms with Crippen LogP contribution in [-0.2, 0) is 9.53 Å². The molecule has 0 aliphatic heterocycles. The third kappa shape index (κ3) is 2.21. The van der Waals surface area contributed by atoms with Crippen LogP contribution in [0.5, 0.6) is 0 Å². The Labute approximate surface area is 103 Å². The minimum absolute atomic E-state index is 0.0999. The van der Waals surface area contributed by atoms with Crippen molar-refractivity contribution in [2.45, 2.75) is 33.1 Å². The van der Waals surface area contributed by atoms with Gasteiger partial charge in [-0.3, -0.25) is 4.79 Å². The van der Waals surface area contributed by atoms with Crippen molar-refractivity contribution >= 4 is 5.97 Å². The quantitative estimate of drug-likeness (QED) is 0.747. The molecule has 0 bridgehead atoms. The van der Waals surface area contributed by atoms with E-state index < -0.39 is 0 Å². The number of hydrogen-bond acceptors (Lipinski definition) is 2. The van der Waals surface area contributed by atoms with Crippen LogP contribution < -0.4 is 0 Å². The molecule has 92 valence electrons. The highest BCUT2D eigenvalue weighted by Gasteiger charge is 2.52. The fourth-order valence-corrected chi connectivity index (χ4v) is 2.59. The van der Waals surface area contributed by atoms with Gasteiger partial charge in [0.15, 0.2) is 0 Å². The van der Waals surface area contributed by atoms with E-state index in [1.54, 1.807) is 0 Å². The zero-order valence-electron chi connectivity index (χ0n) is 11.0. The number of ether oxygens (including phenoxy) is 1. The highest BCUT2D eigenvalue weighted by Crippen LogP contribution is 2.57. The highest BCUT2D eigenvalue weighted by atomic mass is 16.5. The maximum atomic E-state index is 11.7. The Morgan fingerprint density at radius 2 is 1.88 bits per heavy atom. The zero-order valence-corrected chi connectivity index (χ0v) is 11.0. The zero-order chi connectivity index (χ0) is 12.6. The number of carbonyl (C=O) groups is 1. The minimum atomic E-state index is -0.371. The van der Waals surface area contributed by atoms with E-state index in [4.69, 9.17) is 4.74 Å². The molecule has 1 aliphatic rings. The first-order valence-electron chi connectivity index (χ1n) is 6.12. The third-order valence-electron chi connectivity index (χ3n) is 3.93. The van der Waals surface area contributed by atoms with Crippen molar-refractivity contribution < 1.29 is 9.53 Å². The van der Waals surface area contributed by atoms with Crippen LogP contribution in [0.15, 0.2) is 24.3 Å². The smallest absolute Gasteiger partial charge is 0.311 e. The molecule has 0 aromatic heterocycles. The average Bonchev–Trinajstić information content (AvgIpc) is 3.09. The van der Waals surface area contributed by atoms with E-state index in [9.17, 15) is 4.79 Å². The third-order valence-corrected chi connectivity index (χ3v) is 3.93. The van der Waals surface area contributed by atoms with Gasteiger partial charge in [-0.2, -0.15) is 0 Å². The number of methoxy groups -OCH3 is 1. The van der Waals surface area contributed by atoms with Crippen molar-refractivity contribution in [1.29, 1.82) is 0 Å². The van der Waals surface area contributed by atoms with Gasteiger partial charge in [-0.1, -0.05) is 29.8 Å². The van der Waals surface area contributed by atoms with Gasteiger partial charge >= 0.3 is 5.97 Å². The molecule has 0 spiro atoms. The fourth-order valence-electron chi connectivity index (χ4n) is 2.59. The molecule has 0 radical (unpaired) electrons. The number of carbonyl (C=O) groups excluding carboxylic acids is 1. The number of benzene rings is 1. The first-order chi connectivity index (χ1) is 7.96. The lowest BCUT2D eigenvalue weighted by atomic mass is 9.85. The van der Waals surface area contributed by atoms with Crippen LogP contribution in [-0.4, -0.2) is 13.1 Å². The van der Waals surface area contributed by atoms with Gasteiger partial charge in [-0.05, 0) is 44.6 Å². The molecule has 1 aromatic carbocycles. The predicted octanol–water partition coefficient (Wildman–Crippen LogP) is 3.30. The predicted molar refractivity (Wildman–Crippen MR) is 67.8 cm³/mol. The van der Waals surface area contributed by atoms with E-state index in [2.05, 4.69) is 31.2 Å². The van der Waals surface area contributed by atoms with Crippen LogP contribution in [0.1, 0.15) is 37.3 Å². The van der Waals surface area contributed by atoms with Crippen molar-refractivity contribution in [3.05, 3.63) is 35.4 Å². The summed E-state index contributed by atoms with van der Waals surface area (Å²) in [4.78, 5) is 11.7. The van der Waals surface area contributed by atoms with Gasteiger partial charge in [-0.25, -0.2) is 0 Å². The summed E-state index contributed by atoms with van der Waals surface area (Å²) >= 11 is 0. The van der Waals surface area contributed by atoms with Crippen LogP contribution in [0.25, 0.3) is 0 Å². The second kappa shape index (κ2) is 4.17. The van der Waals surface area contributed by atoms with Gasteiger partial charge in [0, 0.05) is 0 Å². The normalized spacial score (nSPS) is 23.3. The van der Waals surface area contributed by atoms with Crippen LogP contribution >= 0.6 is 0 Å². The van der Waals surface area contributed by atoms with Gasteiger partial charge in [0.05, 0.1) is 12.5 Å². The lowest BCUT2D eigenvalue weighted by molar-refractivity contribution is -0.152. The van der Waals surface area contributed by atoms with Gasteiger partial charge < -0.3 is 4.74 Å². The monoisotopic (exact) mass is 232 g/mol. The van der Waals surface area contributed by atoms with E-state index >= 15 is 0 Å². The lowest BCUT2D eigenvalue weighted by Crippen LogP contribution is -2.28.